The van der Waals surface area contributed by atoms with E-state index in [-0.39, 0.29) is 29.3 Å². The average Bonchev–Trinajstić information content (AvgIpc) is 2.69. The number of nitrogens with one attached hydrogen (secondary N) is 2. The lowest BCUT2D eigenvalue weighted by Crippen LogP contribution is -2.29. The molecule has 2 aromatic carbocycles. The van der Waals surface area contributed by atoms with Crippen LogP contribution in [-0.2, 0) is 0 Å². The molecular formula is C21H19FN4O2. The Bertz CT molecular complexity index is 988. The van der Waals surface area contributed by atoms with Gasteiger partial charge in [0.25, 0.3) is 11.8 Å². The zero-order valence-electron chi connectivity index (χ0n) is 15.4. The van der Waals surface area contributed by atoms with Crippen LogP contribution in [0.25, 0.3) is 0 Å². The van der Waals surface area contributed by atoms with Crippen LogP contribution in [0.1, 0.15) is 44.9 Å². The van der Waals surface area contributed by atoms with E-state index in [0.717, 1.165) is 11.1 Å². The summed E-state index contributed by atoms with van der Waals surface area (Å²) in [5.74, 6) is -1.17. The molecular weight excluding hydrogens is 359 g/mol. The largest absolute Gasteiger partial charge is 0.344 e. The monoisotopic (exact) mass is 378 g/mol. The second-order valence-corrected chi connectivity index (χ2v) is 6.32. The fourth-order valence-corrected chi connectivity index (χ4v) is 2.58. The quantitative estimate of drug-likeness (QED) is 0.710. The molecule has 0 spiro atoms. The summed E-state index contributed by atoms with van der Waals surface area (Å²) < 4.78 is 13.1. The summed E-state index contributed by atoms with van der Waals surface area (Å²) in [5, 5.41) is 5.40. The van der Waals surface area contributed by atoms with Crippen LogP contribution in [-0.4, -0.2) is 21.8 Å². The minimum atomic E-state index is -0.496. The van der Waals surface area contributed by atoms with Gasteiger partial charge in [-0.05, 0) is 43.7 Å². The van der Waals surface area contributed by atoms with Crippen LogP contribution in [0.5, 0.6) is 0 Å². The van der Waals surface area contributed by atoms with Crippen LogP contribution in [0.2, 0.25) is 0 Å². The Kier molecular flexibility index (Phi) is 5.74. The summed E-state index contributed by atoms with van der Waals surface area (Å²) in [6.45, 7) is 3.70. The number of nitrogens with zero attached hydrogens (tertiary/aromatic N) is 2. The summed E-state index contributed by atoms with van der Waals surface area (Å²) in [6, 6.07) is 12.5. The molecule has 6 nitrogen and oxygen atoms in total. The minimum absolute atomic E-state index is 0.00285. The molecule has 0 radical (unpaired) electrons. The smallest absolute Gasteiger partial charge is 0.274 e. The first kappa shape index (κ1) is 19.2. The third kappa shape index (κ3) is 4.56. The molecule has 0 fully saturated rings. The van der Waals surface area contributed by atoms with Crippen molar-refractivity contribution >= 4 is 17.6 Å². The van der Waals surface area contributed by atoms with Crippen LogP contribution >= 0.6 is 0 Å². The van der Waals surface area contributed by atoms with Crippen molar-refractivity contribution in [1.82, 2.24) is 15.3 Å². The van der Waals surface area contributed by atoms with E-state index in [4.69, 9.17) is 0 Å². The van der Waals surface area contributed by atoms with E-state index in [1.165, 1.54) is 24.5 Å². The molecule has 0 saturated carbocycles. The van der Waals surface area contributed by atoms with Gasteiger partial charge < -0.3 is 10.6 Å². The summed E-state index contributed by atoms with van der Waals surface area (Å²) in [7, 11) is 0. The van der Waals surface area contributed by atoms with Gasteiger partial charge in [0.1, 0.15) is 5.82 Å². The lowest BCUT2D eigenvalue weighted by atomic mass is 10.1. The topological polar surface area (TPSA) is 84.0 Å². The molecule has 7 heteroatoms. The van der Waals surface area contributed by atoms with E-state index in [9.17, 15) is 14.0 Å². The van der Waals surface area contributed by atoms with Gasteiger partial charge in [-0.3, -0.25) is 9.59 Å². The molecule has 0 aliphatic carbocycles. The highest BCUT2D eigenvalue weighted by Crippen LogP contribution is 2.16. The Morgan fingerprint density at radius 1 is 0.929 bits per heavy atom. The highest BCUT2D eigenvalue weighted by Gasteiger charge is 2.19. The van der Waals surface area contributed by atoms with Crippen molar-refractivity contribution in [2.75, 3.05) is 5.32 Å². The maximum absolute atomic E-state index is 13.1. The highest BCUT2D eigenvalue weighted by molar-refractivity contribution is 6.07. The van der Waals surface area contributed by atoms with Crippen molar-refractivity contribution in [2.24, 2.45) is 0 Å². The third-order valence-corrected chi connectivity index (χ3v) is 4.18. The third-order valence-electron chi connectivity index (χ3n) is 4.18. The summed E-state index contributed by atoms with van der Waals surface area (Å²) in [6.07, 6.45) is 2.77. The fraction of sp³-hybridized carbons (Fsp3) is 0.143. The molecule has 1 aromatic heterocycles. The summed E-state index contributed by atoms with van der Waals surface area (Å²) in [4.78, 5) is 33.2. The predicted molar refractivity (Wildman–Crippen MR) is 103 cm³/mol. The number of carbonyl (C=O) groups excluding carboxylic acids is 2. The van der Waals surface area contributed by atoms with Gasteiger partial charge in [-0.15, -0.1) is 0 Å². The minimum Gasteiger partial charge on any atom is -0.344 e. The van der Waals surface area contributed by atoms with Crippen LogP contribution in [0, 0.1) is 12.7 Å². The average molecular weight is 378 g/mol. The lowest BCUT2D eigenvalue weighted by molar-refractivity contribution is 0.0935. The number of rotatable bonds is 5. The number of carbonyl (C=O) groups is 2. The maximum Gasteiger partial charge on any atom is 0.274 e. The normalized spacial score (nSPS) is 11.5. The predicted octanol–water partition coefficient (Wildman–Crippen LogP) is 3.67. The molecule has 3 rings (SSSR count). The Balaban J connectivity index is 1.75. The summed E-state index contributed by atoms with van der Waals surface area (Å²) >= 11 is 0. The number of hydrogen-bond donors (Lipinski definition) is 2. The van der Waals surface area contributed by atoms with Gasteiger partial charge >= 0.3 is 0 Å². The Labute approximate surface area is 161 Å². The molecule has 2 N–H and O–H groups in total. The van der Waals surface area contributed by atoms with Crippen LogP contribution < -0.4 is 10.6 Å². The van der Waals surface area contributed by atoms with E-state index in [1.807, 2.05) is 19.1 Å². The molecule has 1 heterocycles. The zero-order chi connectivity index (χ0) is 20.1. The van der Waals surface area contributed by atoms with Gasteiger partial charge in [0.2, 0.25) is 0 Å². The number of amides is 2. The second-order valence-electron chi connectivity index (χ2n) is 6.32. The van der Waals surface area contributed by atoms with Crippen LogP contribution in [0.3, 0.4) is 0 Å². The molecule has 28 heavy (non-hydrogen) atoms. The molecule has 1 unspecified atom stereocenters. The van der Waals surface area contributed by atoms with E-state index >= 15 is 0 Å². The molecule has 2 amide bonds. The SMILES string of the molecule is Cc1ccc(C(=O)Nc2nccnc2C(=O)NC(C)c2ccc(F)cc2)cc1. The van der Waals surface area contributed by atoms with E-state index in [0.29, 0.717) is 5.56 Å². The number of aryl methyl sites for hydroxylation is 1. The number of hydrogen-bond acceptors (Lipinski definition) is 4. The Morgan fingerprint density at radius 3 is 2.25 bits per heavy atom. The van der Waals surface area contributed by atoms with Gasteiger partial charge in [0, 0.05) is 18.0 Å². The van der Waals surface area contributed by atoms with Crippen LogP contribution in [0.4, 0.5) is 10.2 Å². The zero-order valence-corrected chi connectivity index (χ0v) is 15.4. The van der Waals surface area contributed by atoms with Gasteiger partial charge in [0.15, 0.2) is 11.5 Å². The van der Waals surface area contributed by atoms with E-state index in [2.05, 4.69) is 20.6 Å². The van der Waals surface area contributed by atoms with Crippen LogP contribution in [0.15, 0.2) is 60.9 Å². The Hall–Kier alpha value is -3.61. The molecule has 0 bridgehead atoms. The lowest BCUT2D eigenvalue weighted by Gasteiger charge is -2.15. The summed E-state index contributed by atoms with van der Waals surface area (Å²) in [5.41, 5.74) is 2.22. The van der Waals surface area contributed by atoms with Gasteiger partial charge in [-0.1, -0.05) is 29.8 Å². The number of aromatic nitrogens is 2. The van der Waals surface area contributed by atoms with Crippen molar-refractivity contribution in [1.29, 1.82) is 0 Å². The first-order valence-electron chi connectivity index (χ1n) is 8.69. The molecule has 0 saturated heterocycles. The molecule has 142 valence electrons. The van der Waals surface area contributed by atoms with Gasteiger partial charge in [-0.2, -0.15) is 0 Å². The molecule has 3 aromatic rings. The van der Waals surface area contributed by atoms with Gasteiger partial charge in [-0.25, -0.2) is 14.4 Å². The van der Waals surface area contributed by atoms with Crippen molar-refractivity contribution in [2.45, 2.75) is 19.9 Å². The Morgan fingerprint density at radius 2 is 1.57 bits per heavy atom. The van der Waals surface area contributed by atoms with E-state index in [1.54, 1.807) is 31.2 Å². The van der Waals surface area contributed by atoms with Crippen molar-refractivity contribution in [3.05, 3.63) is 89.1 Å². The first-order chi connectivity index (χ1) is 13.4. The number of halogens is 1. The second kappa shape index (κ2) is 8.39. The van der Waals surface area contributed by atoms with Crippen molar-refractivity contribution in [3.63, 3.8) is 0 Å². The number of benzene rings is 2. The molecule has 0 aliphatic rings. The van der Waals surface area contributed by atoms with E-state index < -0.39 is 5.91 Å². The maximum atomic E-state index is 13.1. The van der Waals surface area contributed by atoms with Crippen molar-refractivity contribution < 1.29 is 14.0 Å². The van der Waals surface area contributed by atoms with Gasteiger partial charge in [0.05, 0.1) is 6.04 Å². The first-order valence-corrected chi connectivity index (χ1v) is 8.69. The molecule has 1 atom stereocenters. The fourth-order valence-electron chi connectivity index (χ4n) is 2.58. The molecule has 0 aliphatic heterocycles. The van der Waals surface area contributed by atoms with Crippen molar-refractivity contribution in [3.8, 4) is 0 Å². The highest BCUT2D eigenvalue weighted by atomic mass is 19.1. The standard InChI is InChI=1S/C21H19FN4O2/c1-13-3-5-16(6-4-13)20(27)26-19-18(23-11-12-24-19)21(28)25-14(2)15-7-9-17(22)10-8-15/h3-12,14H,1-2H3,(H,25,28)(H,24,26,27). The number of anilines is 1.